The van der Waals surface area contributed by atoms with Crippen LogP contribution < -0.4 is 20.3 Å². The van der Waals surface area contributed by atoms with Gasteiger partial charge in [-0.05, 0) is 56.2 Å². The molecule has 1 atom stereocenters. The second-order valence-electron chi connectivity index (χ2n) is 7.13. The lowest BCUT2D eigenvalue weighted by Gasteiger charge is -2.16. The number of nitrogens with one attached hydrogen (secondary N) is 1. The van der Waals surface area contributed by atoms with Crippen molar-refractivity contribution in [1.82, 2.24) is 9.78 Å². The zero-order valence-electron chi connectivity index (χ0n) is 18.4. The average Bonchev–Trinajstić information content (AvgIpc) is 2.77. The molecule has 0 saturated carbocycles. The number of benzene rings is 2. The largest absolute Gasteiger partial charge is 0.495 e. The number of thioether (sulfide) groups is 1. The molecule has 7 nitrogen and oxygen atoms in total. The fourth-order valence-electron chi connectivity index (χ4n) is 2.93. The molecule has 1 unspecified atom stereocenters. The normalized spacial score (nSPS) is 11.7. The van der Waals surface area contributed by atoms with Gasteiger partial charge in [0.1, 0.15) is 16.5 Å². The fraction of sp³-hybridized carbons (Fsp3) is 0.261. The highest BCUT2D eigenvalue weighted by Gasteiger charge is 2.19. The van der Waals surface area contributed by atoms with Crippen molar-refractivity contribution in [1.29, 1.82) is 0 Å². The highest BCUT2D eigenvalue weighted by atomic mass is 35.5. The Balaban J connectivity index is 1.79. The lowest BCUT2D eigenvalue weighted by Crippen LogP contribution is -2.24. The highest BCUT2D eigenvalue weighted by Crippen LogP contribution is 2.36. The third kappa shape index (κ3) is 5.26. The number of carbonyl (C=O) groups excluding carboxylic acids is 1. The molecule has 3 rings (SSSR count). The summed E-state index contributed by atoms with van der Waals surface area (Å²) < 4.78 is 11.8. The van der Waals surface area contributed by atoms with Gasteiger partial charge < -0.3 is 14.8 Å². The number of aromatic nitrogens is 2. The van der Waals surface area contributed by atoms with E-state index in [9.17, 15) is 9.59 Å². The highest BCUT2D eigenvalue weighted by molar-refractivity contribution is 8.00. The van der Waals surface area contributed by atoms with Gasteiger partial charge in [-0.25, -0.2) is 0 Å². The molecule has 0 radical (unpaired) electrons. The van der Waals surface area contributed by atoms with Crippen molar-refractivity contribution in [3.63, 3.8) is 0 Å². The third-order valence-corrected chi connectivity index (χ3v) is 6.23. The van der Waals surface area contributed by atoms with Crippen LogP contribution in [0.25, 0.3) is 5.69 Å². The molecule has 1 N–H and O–H groups in total. The molecule has 9 heteroatoms. The van der Waals surface area contributed by atoms with Crippen molar-refractivity contribution in [3.05, 3.63) is 69.0 Å². The van der Waals surface area contributed by atoms with Crippen molar-refractivity contribution in [2.45, 2.75) is 31.0 Å². The lowest BCUT2D eigenvalue weighted by atomic mass is 10.1. The van der Waals surface area contributed by atoms with Crippen LogP contribution in [0.5, 0.6) is 11.5 Å². The minimum Gasteiger partial charge on any atom is -0.495 e. The molecule has 0 aliphatic carbocycles. The van der Waals surface area contributed by atoms with Crippen LogP contribution in [-0.4, -0.2) is 35.2 Å². The van der Waals surface area contributed by atoms with Gasteiger partial charge in [0.2, 0.25) is 5.91 Å². The Labute approximate surface area is 195 Å². The van der Waals surface area contributed by atoms with Crippen molar-refractivity contribution in [2.75, 3.05) is 19.5 Å². The van der Waals surface area contributed by atoms with Gasteiger partial charge in [0.05, 0.1) is 35.9 Å². The maximum Gasteiger partial charge on any atom is 0.271 e. The SMILES string of the molecule is COc1cc(OC)c(NC(=O)C(C)Sc2ccc(=O)n(-c3ccc(C)c(C)c3)n2)cc1Cl. The minimum absolute atomic E-state index is 0.243. The van der Waals surface area contributed by atoms with Gasteiger partial charge in [0, 0.05) is 12.1 Å². The molecule has 0 aliphatic rings. The van der Waals surface area contributed by atoms with Gasteiger partial charge in [-0.3, -0.25) is 9.59 Å². The van der Waals surface area contributed by atoms with Gasteiger partial charge in [-0.1, -0.05) is 29.4 Å². The van der Waals surface area contributed by atoms with Crippen LogP contribution in [-0.2, 0) is 4.79 Å². The summed E-state index contributed by atoms with van der Waals surface area (Å²) >= 11 is 7.42. The molecular weight excluding hydrogens is 450 g/mol. The molecule has 0 fully saturated rings. The van der Waals surface area contributed by atoms with Crippen molar-refractivity contribution in [3.8, 4) is 17.2 Å². The number of anilines is 1. The van der Waals surface area contributed by atoms with Gasteiger partial charge in [-0.2, -0.15) is 9.78 Å². The van der Waals surface area contributed by atoms with E-state index in [1.165, 1.54) is 36.7 Å². The predicted molar refractivity (Wildman–Crippen MR) is 128 cm³/mol. The Hall–Kier alpha value is -2.97. The van der Waals surface area contributed by atoms with Crippen molar-refractivity contribution >= 4 is 35.0 Å². The number of halogens is 1. The Morgan fingerprint density at radius 1 is 1.06 bits per heavy atom. The summed E-state index contributed by atoms with van der Waals surface area (Å²) in [7, 11) is 3.00. The number of rotatable bonds is 7. The van der Waals surface area contributed by atoms with Gasteiger partial charge >= 0.3 is 0 Å². The van der Waals surface area contributed by atoms with Crippen LogP contribution in [0.4, 0.5) is 5.69 Å². The van der Waals surface area contributed by atoms with E-state index < -0.39 is 5.25 Å². The molecule has 3 aromatic rings. The van der Waals surface area contributed by atoms with E-state index >= 15 is 0 Å². The van der Waals surface area contributed by atoms with Crippen LogP contribution in [0, 0.1) is 13.8 Å². The quantitative estimate of drug-likeness (QED) is 0.503. The summed E-state index contributed by atoms with van der Waals surface area (Å²) in [6, 6.07) is 11.9. The summed E-state index contributed by atoms with van der Waals surface area (Å²) in [5.41, 5.74) is 3.06. The van der Waals surface area contributed by atoms with Crippen LogP contribution in [0.1, 0.15) is 18.1 Å². The molecule has 1 aromatic heterocycles. The van der Waals surface area contributed by atoms with Gasteiger partial charge in [0.15, 0.2) is 0 Å². The van der Waals surface area contributed by atoms with Crippen molar-refractivity contribution < 1.29 is 14.3 Å². The first-order valence-electron chi connectivity index (χ1n) is 9.80. The van der Waals surface area contributed by atoms with Crippen LogP contribution in [0.2, 0.25) is 5.02 Å². The second kappa shape index (κ2) is 10.1. The van der Waals surface area contributed by atoms with Crippen LogP contribution in [0.3, 0.4) is 0 Å². The molecule has 32 heavy (non-hydrogen) atoms. The molecule has 2 aromatic carbocycles. The molecular formula is C23H24ClN3O4S. The van der Waals surface area contributed by atoms with Gasteiger partial charge in [0.25, 0.3) is 5.56 Å². The van der Waals surface area contributed by atoms with Gasteiger partial charge in [-0.15, -0.1) is 0 Å². The first-order chi connectivity index (χ1) is 15.2. The molecule has 1 heterocycles. The summed E-state index contributed by atoms with van der Waals surface area (Å²) in [4.78, 5) is 25.2. The number of amides is 1. The maximum absolute atomic E-state index is 12.8. The number of ether oxygens (including phenoxy) is 2. The first-order valence-corrected chi connectivity index (χ1v) is 11.1. The predicted octanol–water partition coefficient (Wildman–Crippen LogP) is 4.64. The molecule has 1 amide bonds. The van der Waals surface area contributed by atoms with E-state index in [2.05, 4.69) is 10.4 Å². The Morgan fingerprint density at radius 2 is 1.78 bits per heavy atom. The summed E-state index contributed by atoms with van der Waals surface area (Å²) in [6.45, 7) is 5.74. The van der Waals surface area contributed by atoms with E-state index in [-0.39, 0.29) is 11.5 Å². The Kier molecular flexibility index (Phi) is 7.48. The van der Waals surface area contributed by atoms with Crippen LogP contribution in [0.15, 0.2) is 52.3 Å². The molecule has 168 valence electrons. The fourth-order valence-corrected chi connectivity index (χ4v) is 3.97. The first kappa shape index (κ1) is 23.7. The summed E-state index contributed by atoms with van der Waals surface area (Å²) in [6.07, 6.45) is 0. The topological polar surface area (TPSA) is 82.5 Å². The van der Waals surface area contributed by atoms with E-state index in [0.29, 0.717) is 32.9 Å². The van der Waals surface area contributed by atoms with E-state index in [0.717, 1.165) is 11.1 Å². The zero-order valence-corrected chi connectivity index (χ0v) is 20.0. The summed E-state index contributed by atoms with van der Waals surface area (Å²) in [5, 5.41) is 7.66. The number of nitrogens with zero attached hydrogens (tertiary/aromatic N) is 2. The third-order valence-electron chi connectivity index (χ3n) is 4.91. The lowest BCUT2D eigenvalue weighted by molar-refractivity contribution is -0.115. The maximum atomic E-state index is 12.8. The number of aryl methyl sites for hydroxylation is 2. The number of hydrogen-bond acceptors (Lipinski definition) is 6. The smallest absolute Gasteiger partial charge is 0.271 e. The number of methoxy groups -OCH3 is 2. The van der Waals surface area contributed by atoms with E-state index in [1.807, 2.05) is 32.0 Å². The summed E-state index contributed by atoms with van der Waals surface area (Å²) in [5.74, 6) is 0.611. The monoisotopic (exact) mass is 473 g/mol. The molecule has 0 bridgehead atoms. The molecule has 0 aliphatic heterocycles. The van der Waals surface area contributed by atoms with Crippen LogP contribution >= 0.6 is 23.4 Å². The number of hydrogen-bond donors (Lipinski definition) is 1. The van der Waals surface area contributed by atoms with E-state index in [4.69, 9.17) is 21.1 Å². The Bertz CT molecular complexity index is 1210. The van der Waals surface area contributed by atoms with Crippen molar-refractivity contribution in [2.24, 2.45) is 0 Å². The minimum atomic E-state index is -0.501. The number of carbonyl (C=O) groups is 1. The molecule has 0 spiro atoms. The average molecular weight is 474 g/mol. The molecule has 0 saturated heterocycles. The Morgan fingerprint density at radius 3 is 2.44 bits per heavy atom. The van der Waals surface area contributed by atoms with E-state index in [1.54, 1.807) is 25.1 Å². The standard InChI is InChI=1S/C23H24ClN3O4S/c1-13-6-7-16(10-14(13)2)27-22(28)9-8-21(26-27)32-15(3)23(29)25-18-11-17(24)19(30-4)12-20(18)31-5/h6-12,15H,1-5H3,(H,25,29). The zero-order chi connectivity index (χ0) is 23.4. The second-order valence-corrected chi connectivity index (χ2v) is 8.89.